The van der Waals surface area contributed by atoms with Crippen molar-refractivity contribution in [3.8, 4) is 0 Å². The second kappa shape index (κ2) is 5.24. The molecule has 0 heterocycles. The Bertz CT molecular complexity index is 686. The number of amides is 1. The Labute approximate surface area is 113 Å². The predicted octanol–water partition coefficient (Wildman–Crippen LogP) is 3.25. The van der Waals surface area contributed by atoms with Crippen LogP contribution in [0.4, 0.5) is 24.5 Å². The Morgan fingerprint density at radius 1 is 1.05 bits per heavy atom. The van der Waals surface area contributed by atoms with Gasteiger partial charge in [-0.1, -0.05) is 0 Å². The van der Waals surface area contributed by atoms with Crippen LogP contribution in [-0.2, 0) is 0 Å². The Kier molecular flexibility index (Phi) is 3.65. The molecule has 1 amide bonds. The monoisotopic (exact) mass is 280 g/mol. The van der Waals surface area contributed by atoms with Crippen molar-refractivity contribution in [2.24, 2.45) is 0 Å². The third-order valence-electron chi connectivity index (χ3n) is 2.73. The first kappa shape index (κ1) is 13.9. The summed E-state index contributed by atoms with van der Waals surface area (Å²) in [5, 5.41) is 2.20. The third kappa shape index (κ3) is 2.74. The lowest BCUT2D eigenvalue weighted by Gasteiger charge is -2.09. The zero-order valence-electron chi connectivity index (χ0n) is 10.5. The maximum absolute atomic E-state index is 13.5. The average Bonchev–Trinajstić information content (AvgIpc) is 2.38. The number of nitrogen functional groups attached to an aromatic ring is 1. The molecule has 2 aromatic rings. The van der Waals surface area contributed by atoms with Crippen molar-refractivity contribution in [3.05, 3.63) is 58.9 Å². The SMILES string of the molecule is Cc1cc(C(=O)Nc2cc(N)ccc2F)c(F)cc1F. The lowest BCUT2D eigenvalue weighted by atomic mass is 10.1. The number of hydrogen-bond acceptors (Lipinski definition) is 2. The molecule has 0 aliphatic carbocycles. The number of halogens is 3. The van der Waals surface area contributed by atoms with E-state index in [9.17, 15) is 18.0 Å². The number of benzene rings is 2. The van der Waals surface area contributed by atoms with Gasteiger partial charge in [0.25, 0.3) is 5.91 Å². The molecule has 0 saturated carbocycles. The Morgan fingerprint density at radius 2 is 1.75 bits per heavy atom. The first-order valence-electron chi connectivity index (χ1n) is 5.70. The van der Waals surface area contributed by atoms with Gasteiger partial charge in [0.05, 0.1) is 11.3 Å². The molecule has 0 aliphatic rings. The van der Waals surface area contributed by atoms with Crippen molar-refractivity contribution in [1.29, 1.82) is 0 Å². The molecule has 3 nitrogen and oxygen atoms in total. The first-order valence-corrected chi connectivity index (χ1v) is 5.70. The second-order valence-corrected chi connectivity index (χ2v) is 4.27. The first-order chi connectivity index (χ1) is 9.38. The highest BCUT2D eigenvalue weighted by molar-refractivity contribution is 6.04. The maximum atomic E-state index is 13.5. The molecule has 6 heteroatoms. The summed E-state index contributed by atoms with van der Waals surface area (Å²) in [6.45, 7) is 1.40. The van der Waals surface area contributed by atoms with Crippen molar-refractivity contribution in [1.82, 2.24) is 0 Å². The van der Waals surface area contributed by atoms with E-state index in [-0.39, 0.29) is 22.5 Å². The quantitative estimate of drug-likeness (QED) is 0.830. The fourth-order valence-electron chi connectivity index (χ4n) is 1.66. The van der Waals surface area contributed by atoms with Gasteiger partial charge in [-0.05, 0) is 36.8 Å². The van der Waals surface area contributed by atoms with Crippen molar-refractivity contribution >= 4 is 17.3 Å². The number of anilines is 2. The molecule has 0 unspecified atom stereocenters. The van der Waals surface area contributed by atoms with E-state index in [2.05, 4.69) is 5.32 Å². The number of carbonyl (C=O) groups excluding carboxylic acids is 1. The van der Waals surface area contributed by atoms with Gasteiger partial charge < -0.3 is 11.1 Å². The molecular weight excluding hydrogens is 269 g/mol. The van der Waals surface area contributed by atoms with E-state index in [0.29, 0.717) is 6.07 Å². The highest BCUT2D eigenvalue weighted by atomic mass is 19.1. The molecule has 0 atom stereocenters. The van der Waals surface area contributed by atoms with Gasteiger partial charge >= 0.3 is 0 Å². The Hall–Kier alpha value is -2.50. The molecule has 2 aromatic carbocycles. The van der Waals surface area contributed by atoms with Crippen LogP contribution in [-0.4, -0.2) is 5.91 Å². The molecule has 0 radical (unpaired) electrons. The minimum absolute atomic E-state index is 0.115. The standard InChI is InChI=1S/C14H11F3N2O/c1-7-4-9(12(17)6-11(7)16)14(20)19-13-5-8(18)2-3-10(13)15/h2-6H,18H2,1H3,(H,19,20). The van der Waals surface area contributed by atoms with Gasteiger partial charge in [-0.25, -0.2) is 13.2 Å². The van der Waals surface area contributed by atoms with Gasteiger partial charge in [-0.3, -0.25) is 4.79 Å². The van der Waals surface area contributed by atoms with E-state index >= 15 is 0 Å². The predicted molar refractivity (Wildman–Crippen MR) is 69.9 cm³/mol. The van der Waals surface area contributed by atoms with Crippen LogP contribution in [0.25, 0.3) is 0 Å². The van der Waals surface area contributed by atoms with Gasteiger partial charge in [-0.15, -0.1) is 0 Å². The molecule has 0 aliphatic heterocycles. The number of nitrogens with one attached hydrogen (secondary N) is 1. The zero-order chi connectivity index (χ0) is 14.9. The van der Waals surface area contributed by atoms with Crippen LogP contribution in [0.2, 0.25) is 0 Å². The molecule has 3 N–H and O–H groups in total. The zero-order valence-corrected chi connectivity index (χ0v) is 10.5. The highest BCUT2D eigenvalue weighted by Gasteiger charge is 2.16. The fourth-order valence-corrected chi connectivity index (χ4v) is 1.66. The lowest BCUT2D eigenvalue weighted by molar-refractivity contribution is 0.102. The van der Waals surface area contributed by atoms with Crippen LogP contribution in [0, 0.1) is 24.4 Å². The van der Waals surface area contributed by atoms with Gasteiger partial charge in [0.1, 0.15) is 17.5 Å². The summed E-state index contributed by atoms with van der Waals surface area (Å²) >= 11 is 0. The number of rotatable bonds is 2. The minimum Gasteiger partial charge on any atom is -0.399 e. The Morgan fingerprint density at radius 3 is 2.45 bits per heavy atom. The van der Waals surface area contributed by atoms with Gasteiger partial charge in [-0.2, -0.15) is 0 Å². The maximum Gasteiger partial charge on any atom is 0.258 e. The average molecular weight is 280 g/mol. The number of carbonyl (C=O) groups is 1. The van der Waals surface area contributed by atoms with E-state index < -0.39 is 23.4 Å². The van der Waals surface area contributed by atoms with Crippen LogP contribution in [0.5, 0.6) is 0 Å². The summed E-state index contributed by atoms with van der Waals surface area (Å²) in [5.41, 5.74) is 5.30. The second-order valence-electron chi connectivity index (χ2n) is 4.27. The molecular formula is C14H11F3N2O. The summed E-state index contributed by atoms with van der Waals surface area (Å²) in [6, 6.07) is 5.29. The topological polar surface area (TPSA) is 55.1 Å². The van der Waals surface area contributed by atoms with Crippen LogP contribution in [0.3, 0.4) is 0 Å². The smallest absolute Gasteiger partial charge is 0.258 e. The normalized spacial score (nSPS) is 10.4. The van der Waals surface area contributed by atoms with Crippen molar-refractivity contribution < 1.29 is 18.0 Å². The van der Waals surface area contributed by atoms with E-state index in [1.54, 1.807) is 0 Å². The summed E-state index contributed by atoms with van der Waals surface area (Å²) in [5.74, 6) is -3.36. The van der Waals surface area contributed by atoms with E-state index in [4.69, 9.17) is 5.73 Å². The molecule has 0 spiro atoms. The van der Waals surface area contributed by atoms with Crippen LogP contribution in [0.1, 0.15) is 15.9 Å². The van der Waals surface area contributed by atoms with Gasteiger partial charge in [0.2, 0.25) is 0 Å². The summed E-state index contributed by atoms with van der Waals surface area (Å²) < 4.78 is 40.1. The van der Waals surface area contributed by atoms with Crippen molar-refractivity contribution in [2.75, 3.05) is 11.1 Å². The summed E-state index contributed by atoms with van der Waals surface area (Å²) in [7, 11) is 0. The molecule has 0 bridgehead atoms. The minimum atomic E-state index is -1.02. The third-order valence-corrected chi connectivity index (χ3v) is 2.73. The molecule has 104 valence electrons. The number of nitrogens with two attached hydrogens (primary N) is 1. The van der Waals surface area contributed by atoms with Gasteiger partial charge in [0, 0.05) is 11.8 Å². The summed E-state index contributed by atoms with van der Waals surface area (Å²) in [6.07, 6.45) is 0. The van der Waals surface area contributed by atoms with Crippen LogP contribution >= 0.6 is 0 Å². The van der Waals surface area contributed by atoms with Crippen LogP contribution in [0.15, 0.2) is 30.3 Å². The van der Waals surface area contributed by atoms with E-state index in [1.165, 1.54) is 19.1 Å². The molecule has 2 rings (SSSR count). The van der Waals surface area contributed by atoms with E-state index in [1.807, 2.05) is 0 Å². The van der Waals surface area contributed by atoms with Gasteiger partial charge in [0.15, 0.2) is 0 Å². The lowest BCUT2D eigenvalue weighted by Crippen LogP contribution is -2.15. The van der Waals surface area contributed by atoms with Crippen molar-refractivity contribution in [3.63, 3.8) is 0 Å². The fraction of sp³-hybridized carbons (Fsp3) is 0.0714. The molecule has 0 saturated heterocycles. The highest BCUT2D eigenvalue weighted by Crippen LogP contribution is 2.20. The molecule has 0 aromatic heterocycles. The summed E-state index contributed by atoms with van der Waals surface area (Å²) in [4.78, 5) is 11.9. The number of hydrogen-bond donors (Lipinski definition) is 2. The van der Waals surface area contributed by atoms with Crippen molar-refractivity contribution in [2.45, 2.75) is 6.92 Å². The molecule has 0 fully saturated rings. The number of aryl methyl sites for hydroxylation is 1. The van der Waals surface area contributed by atoms with E-state index in [0.717, 1.165) is 12.1 Å². The largest absolute Gasteiger partial charge is 0.399 e. The van der Waals surface area contributed by atoms with Crippen LogP contribution < -0.4 is 11.1 Å². The molecule has 20 heavy (non-hydrogen) atoms. The Balaban J connectivity index is 2.33.